The number of rotatable bonds is 20. The molecule has 0 saturated heterocycles. The molecular weight excluding hydrogens is 576 g/mol. The van der Waals surface area contributed by atoms with Gasteiger partial charge in [0.05, 0.1) is 33.0 Å². The first-order valence-electron chi connectivity index (χ1n) is 19.3. The molecule has 0 aromatic heterocycles. The molecule has 8 atom stereocenters. The van der Waals surface area contributed by atoms with E-state index in [-0.39, 0.29) is 17.6 Å². The second kappa shape index (κ2) is 18.6. The minimum absolute atomic E-state index is 0.00688. The lowest BCUT2D eigenvalue weighted by atomic mass is 9.47. The van der Waals surface area contributed by atoms with Crippen LogP contribution in [0.25, 0.3) is 0 Å². The molecule has 0 aliphatic heterocycles. The van der Waals surface area contributed by atoms with E-state index in [1.807, 2.05) is 0 Å². The van der Waals surface area contributed by atoms with Gasteiger partial charge in [-0.05, 0) is 104 Å². The quantitative estimate of drug-likeness (QED) is 0.103. The van der Waals surface area contributed by atoms with Crippen molar-refractivity contribution in [3.8, 4) is 0 Å². The third-order valence-electron chi connectivity index (χ3n) is 12.7. The fourth-order valence-corrected chi connectivity index (χ4v) is 10.2. The summed E-state index contributed by atoms with van der Waals surface area (Å²) in [6.07, 6.45) is 17.2. The number of carbonyl (C=O) groups is 1. The van der Waals surface area contributed by atoms with Crippen LogP contribution in [0.15, 0.2) is 11.6 Å². The molecule has 0 radical (unpaired) electrons. The van der Waals surface area contributed by atoms with Crippen LogP contribution in [0.5, 0.6) is 0 Å². The molecule has 0 aromatic carbocycles. The van der Waals surface area contributed by atoms with Crippen LogP contribution in [0.2, 0.25) is 0 Å². The predicted octanol–water partition coefficient (Wildman–Crippen LogP) is 8.17. The molecule has 0 heterocycles. The highest BCUT2D eigenvalue weighted by Crippen LogP contribution is 2.67. The molecule has 0 spiro atoms. The summed E-state index contributed by atoms with van der Waals surface area (Å²) in [5, 5.41) is 6.17. The highest BCUT2D eigenvalue weighted by atomic mass is 16.6. The molecule has 4 aliphatic carbocycles. The largest absolute Gasteiger partial charge is 0.446 e. The second-order valence-electron chi connectivity index (χ2n) is 16.0. The minimum Gasteiger partial charge on any atom is -0.446 e. The van der Waals surface area contributed by atoms with E-state index in [4.69, 9.17) is 18.9 Å². The summed E-state index contributed by atoms with van der Waals surface area (Å²) in [7, 11) is 0. The van der Waals surface area contributed by atoms with Crippen molar-refractivity contribution in [3.63, 3.8) is 0 Å². The van der Waals surface area contributed by atoms with Crippen LogP contribution in [0.1, 0.15) is 119 Å². The van der Waals surface area contributed by atoms with Gasteiger partial charge in [-0.1, -0.05) is 72.5 Å². The SMILES string of the molecule is CCNCCOCCOCCOCCCNC(=O)OC1CC[C@@]2(C)C(=CC[C@H]3[C@@H]4CC[C@H]([C@H](C)CCCC(C)C)[C@@]4(C)CC[C@@H]32)C1. The predicted molar refractivity (Wildman–Crippen MR) is 187 cm³/mol. The third-order valence-corrected chi connectivity index (χ3v) is 12.7. The summed E-state index contributed by atoms with van der Waals surface area (Å²) >= 11 is 0. The van der Waals surface area contributed by atoms with Gasteiger partial charge in [-0.2, -0.15) is 0 Å². The van der Waals surface area contributed by atoms with Crippen LogP contribution >= 0.6 is 0 Å². The number of hydrogen-bond acceptors (Lipinski definition) is 6. The van der Waals surface area contributed by atoms with Gasteiger partial charge in [0.25, 0.3) is 0 Å². The van der Waals surface area contributed by atoms with E-state index < -0.39 is 0 Å². The van der Waals surface area contributed by atoms with E-state index in [9.17, 15) is 4.79 Å². The van der Waals surface area contributed by atoms with Crippen LogP contribution < -0.4 is 10.6 Å². The summed E-state index contributed by atoms with van der Waals surface area (Å²) in [4.78, 5) is 12.6. The van der Waals surface area contributed by atoms with Crippen molar-refractivity contribution >= 4 is 6.09 Å². The van der Waals surface area contributed by atoms with Crippen LogP contribution in [-0.4, -0.2) is 71.5 Å². The van der Waals surface area contributed by atoms with Gasteiger partial charge in [0.1, 0.15) is 6.10 Å². The summed E-state index contributed by atoms with van der Waals surface area (Å²) in [5.41, 5.74) is 2.38. The van der Waals surface area contributed by atoms with Gasteiger partial charge in [0.2, 0.25) is 0 Å². The molecule has 46 heavy (non-hydrogen) atoms. The van der Waals surface area contributed by atoms with Gasteiger partial charge in [-0.25, -0.2) is 4.79 Å². The molecule has 266 valence electrons. The Morgan fingerprint density at radius 2 is 1.61 bits per heavy atom. The minimum atomic E-state index is -0.284. The van der Waals surface area contributed by atoms with E-state index in [0.29, 0.717) is 51.6 Å². The van der Waals surface area contributed by atoms with E-state index >= 15 is 0 Å². The highest BCUT2D eigenvalue weighted by Gasteiger charge is 2.59. The monoisotopic (exact) mass is 647 g/mol. The molecule has 1 amide bonds. The normalized spacial score (nSPS) is 32.8. The average molecular weight is 647 g/mol. The fourth-order valence-electron chi connectivity index (χ4n) is 10.2. The van der Waals surface area contributed by atoms with Gasteiger partial charge >= 0.3 is 6.09 Å². The Morgan fingerprint density at radius 1 is 0.870 bits per heavy atom. The number of ether oxygens (including phenoxy) is 4. The zero-order valence-corrected chi connectivity index (χ0v) is 30.5. The number of hydrogen-bond donors (Lipinski definition) is 2. The van der Waals surface area contributed by atoms with Gasteiger partial charge in [0, 0.05) is 26.1 Å². The topological polar surface area (TPSA) is 78.0 Å². The standard InChI is InChI=1S/C39H70N2O5/c1-7-40-21-23-44-25-27-45-26-24-43-22-9-20-41-37(42)46-32-16-18-38(5)31(28-32)12-13-33-35-15-14-34(30(4)11-8-10-29(2)3)39(35,6)19-17-36(33)38/h12,29-30,32-36,40H,7-11,13-28H2,1-6H3,(H,41,42)/t30-,32?,33+,34-,35+,36+,38+,39-/m1/s1. The first-order chi connectivity index (χ1) is 22.2. The van der Waals surface area contributed by atoms with Gasteiger partial charge in [-0.15, -0.1) is 0 Å². The maximum atomic E-state index is 12.6. The molecule has 3 fully saturated rings. The number of allylic oxidation sites excluding steroid dienone is 1. The fraction of sp³-hybridized carbons (Fsp3) is 0.923. The Labute approximate surface area is 282 Å². The Morgan fingerprint density at radius 3 is 2.35 bits per heavy atom. The number of amides is 1. The second-order valence-corrected chi connectivity index (χ2v) is 16.0. The Balaban J connectivity index is 1.12. The molecule has 0 aromatic rings. The van der Waals surface area contributed by atoms with Crippen LogP contribution in [0, 0.1) is 46.3 Å². The molecule has 2 N–H and O–H groups in total. The lowest BCUT2D eigenvalue weighted by Crippen LogP contribution is -2.51. The van der Waals surface area contributed by atoms with Crippen molar-refractivity contribution in [1.82, 2.24) is 10.6 Å². The van der Waals surface area contributed by atoms with Gasteiger partial charge in [0.15, 0.2) is 0 Å². The zero-order chi connectivity index (χ0) is 33.0. The number of likely N-dealkylation sites (N-methyl/N-ethyl adjacent to an activating group) is 1. The van der Waals surface area contributed by atoms with E-state index in [1.54, 1.807) is 5.57 Å². The number of alkyl carbamates (subject to hydrolysis) is 1. The molecule has 1 unspecified atom stereocenters. The molecule has 3 saturated carbocycles. The molecule has 4 rings (SSSR count). The number of nitrogens with one attached hydrogen (secondary N) is 2. The third kappa shape index (κ3) is 9.95. The molecule has 0 bridgehead atoms. The number of fused-ring (bicyclic) bond motifs is 5. The molecule has 7 heteroatoms. The Hall–Kier alpha value is -1.15. The average Bonchev–Trinajstić information content (AvgIpc) is 3.38. The first kappa shape index (κ1) is 37.7. The molecule has 4 aliphatic rings. The van der Waals surface area contributed by atoms with Crippen molar-refractivity contribution in [3.05, 3.63) is 11.6 Å². The van der Waals surface area contributed by atoms with Crippen molar-refractivity contribution in [2.75, 3.05) is 59.3 Å². The van der Waals surface area contributed by atoms with Crippen molar-refractivity contribution in [1.29, 1.82) is 0 Å². The maximum absolute atomic E-state index is 12.6. The molecular formula is C39H70N2O5. The first-order valence-corrected chi connectivity index (χ1v) is 19.3. The number of carbonyl (C=O) groups excluding carboxylic acids is 1. The lowest BCUT2D eigenvalue weighted by molar-refractivity contribution is -0.0581. The summed E-state index contributed by atoms with van der Waals surface area (Å²) in [6.45, 7) is 20.6. The van der Waals surface area contributed by atoms with Gasteiger partial charge < -0.3 is 29.6 Å². The Bertz CT molecular complexity index is 941. The van der Waals surface area contributed by atoms with Crippen LogP contribution in [-0.2, 0) is 18.9 Å². The Kier molecular flexibility index (Phi) is 15.2. The van der Waals surface area contributed by atoms with Crippen molar-refractivity contribution in [2.45, 2.75) is 125 Å². The van der Waals surface area contributed by atoms with Crippen molar-refractivity contribution in [2.24, 2.45) is 46.3 Å². The summed E-state index contributed by atoms with van der Waals surface area (Å²) in [5.74, 6) is 5.09. The van der Waals surface area contributed by atoms with E-state index in [1.165, 1.54) is 51.4 Å². The van der Waals surface area contributed by atoms with E-state index in [2.05, 4.69) is 58.3 Å². The van der Waals surface area contributed by atoms with Crippen LogP contribution in [0.4, 0.5) is 4.79 Å². The van der Waals surface area contributed by atoms with E-state index in [0.717, 1.165) is 74.3 Å². The maximum Gasteiger partial charge on any atom is 0.407 e. The van der Waals surface area contributed by atoms with Crippen molar-refractivity contribution < 1.29 is 23.7 Å². The summed E-state index contributed by atoms with van der Waals surface area (Å²) in [6, 6.07) is 0. The smallest absolute Gasteiger partial charge is 0.407 e. The summed E-state index contributed by atoms with van der Waals surface area (Å²) < 4.78 is 22.6. The zero-order valence-electron chi connectivity index (χ0n) is 30.5. The lowest BCUT2D eigenvalue weighted by Gasteiger charge is -2.58. The highest BCUT2D eigenvalue weighted by molar-refractivity contribution is 5.67. The molecule has 7 nitrogen and oxygen atoms in total. The van der Waals surface area contributed by atoms with Crippen LogP contribution in [0.3, 0.4) is 0 Å². The van der Waals surface area contributed by atoms with Gasteiger partial charge in [-0.3, -0.25) is 0 Å².